The highest BCUT2D eigenvalue weighted by molar-refractivity contribution is 5.78. The van der Waals surface area contributed by atoms with E-state index in [1.165, 1.54) is 6.07 Å². The van der Waals surface area contributed by atoms with Crippen molar-refractivity contribution in [2.75, 3.05) is 25.1 Å². The van der Waals surface area contributed by atoms with Crippen LogP contribution in [0.1, 0.15) is 12.5 Å². The Morgan fingerprint density at radius 3 is 2.80 bits per heavy atom. The number of esters is 1. The molecule has 1 aliphatic rings. The molecule has 0 spiro atoms. The number of alkyl halides is 3. The maximum atomic E-state index is 12.7. The maximum Gasteiger partial charge on any atom is 0.416 e. The number of ether oxygens (including phenoxy) is 2. The van der Waals surface area contributed by atoms with E-state index in [1.807, 2.05) is 0 Å². The van der Waals surface area contributed by atoms with Gasteiger partial charge in [-0.2, -0.15) is 13.2 Å². The van der Waals surface area contributed by atoms with Gasteiger partial charge in [0.25, 0.3) is 0 Å². The molecule has 0 aliphatic carbocycles. The van der Waals surface area contributed by atoms with Gasteiger partial charge in [0.2, 0.25) is 6.10 Å². The van der Waals surface area contributed by atoms with Crippen LogP contribution in [0.15, 0.2) is 18.2 Å². The van der Waals surface area contributed by atoms with Crippen LogP contribution in [-0.4, -0.2) is 32.3 Å². The Morgan fingerprint density at radius 1 is 1.50 bits per heavy atom. The number of carbonyl (C=O) groups is 1. The second-order valence-electron chi connectivity index (χ2n) is 4.42. The summed E-state index contributed by atoms with van der Waals surface area (Å²) in [6.45, 7) is 2.05. The molecule has 20 heavy (non-hydrogen) atoms. The van der Waals surface area contributed by atoms with Gasteiger partial charge in [0.15, 0.2) is 0 Å². The predicted octanol–water partition coefficient (Wildman–Crippen LogP) is 2.47. The molecule has 1 atom stereocenters. The van der Waals surface area contributed by atoms with E-state index < -0.39 is 23.8 Å². The molecule has 1 aliphatic heterocycles. The fraction of sp³-hybridized carbons (Fsp3) is 0.462. The summed E-state index contributed by atoms with van der Waals surface area (Å²) in [6.07, 6.45) is -5.24. The van der Waals surface area contributed by atoms with Gasteiger partial charge in [-0.15, -0.1) is 0 Å². The minimum Gasteiger partial charge on any atom is -0.475 e. The fourth-order valence-electron chi connectivity index (χ4n) is 1.99. The van der Waals surface area contributed by atoms with Crippen LogP contribution in [0, 0.1) is 0 Å². The molecule has 1 aromatic rings. The topological polar surface area (TPSA) is 38.8 Å². The van der Waals surface area contributed by atoms with Crippen LogP contribution in [0.3, 0.4) is 0 Å². The first-order chi connectivity index (χ1) is 9.32. The third kappa shape index (κ3) is 2.81. The highest BCUT2D eigenvalue weighted by Gasteiger charge is 2.35. The number of carbonyl (C=O) groups excluding carboxylic acids is 1. The summed E-state index contributed by atoms with van der Waals surface area (Å²) in [7, 11) is 1.60. The van der Waals surface area contributed by atoms with E-state index in [0.29, 0.717) is 5.69 Å². The van der Waals surface area contributed by atoms with Crippen molar-refractivity contribution < 1.29 is 27.4 Å². The molecule has 0 fully saturated rings. The molecule has 7 heteroatoms. The molecule has 1 unspecified atom stereocenters. The van der Waals surface area contributed by atoms with Crippen LogP contribution in [0.25, 0.3) is 0 Å². The van der Waals surface area contributed by atoms with Crippen LogP contribution in [-0.2, 0) is 15.7 Å². The van der Waals surface area contributed by atoms with Crippen molar-refractivity contribution >= 4 is 11.7 Å². The zero-order chi connectivity index (χ0) is 14.9. The molecule has 0 bridgehead atoms. The van der Waals surface area contributed by atoms with E-state index in [2.05, 4.69) is 0 Å². The number of anilines is 1. The van der Waals surface area contributed by atoms with E-state index in [0.717, 1.165) is 12.1 Å². The third-order valence-corrected chi connectivity index (χ3v) is 2.96. The normalized spacial score (nSPS) is 18.2. The van der Waals surface area contributed by atoms with Gasteiger partial charge in [0.1, 0.15) is 5.75 Å². The Bertz CT molecular complexity index is 516. The Kier molecular flexibility index (Phi) is 3.78. The number of rotatable bonds is 2. The molecule has 0 saturated carbocycles. The Balaban J connectivity index is 2.27. The van der Waals surface area contributed by atoms with E-state index >= 15 is 0 Å². The Morgan fingerprint density at radius 2 is 2.20 bits per heavy atom. The third-order valence-electron chi connectivity index (χ3n) is 2.96. The number of hydrogen-bond donors (Lipinski definition) is 0. The van der Waals surface area contributed by atoms with Crippen LogP contribution < -0.4 is 9.64 Å². The summed E-state index contributed by atoms with van der Waals surface area (Å²) in [4.78, 5) is 13.2. The van der Waals surface area contributed by atoms with Crippen molar-refractivity contribution in [1.82, 2.24) is 0 Å². The van der Waals surface area contributed by atoms with E-state index in [-0.39, 0.29) is 18.9 Å². The monoisotopic (exact) mass is 289 g/mol. The minimum absolute atomic E-state index is 0.146. The summed E-state index contributed by atoms with van der Waals surface area (Å²) in [5, 5.41) is 0. The zero-order valence-electron chi connectivity index (χ0n) is 11.0. The maximum absolute atomic E-state index is 12.7. The molecular formula is C13H14F3NO3. The first-order valence-electron chi connectivity index (χ1n) is 6.08. The lowest BCUT2D eigenvalue weighted by molar-refractivity contribution is -0.151. The summed E-state index contributed by atoms with van der Waals surface area (Å²) < 4.78 is 48.2. The van der Waals surface area contributed by atoms with Crippen molar-refractivity contribution in [3.8, 4) is 5.75 Å². The number of nitrogens with zero attached hydrogens (tertiary/aromatic N) is 1. The van der Waals surface area contributed by atoms with Crippen LogP contribution in [0.2, 0.25) is 0 Å². The average Bonchev–Trinajstić information content (AvgIpc) is 2.37. The molecule has 2 rings (SSSR count). The highest BCUT2D eigenvalue weighted by Crippen LogP contribution is 2.38. The van der Waals surface area contributed by atoms with Crippen molar-refractivity contribution in [2.45, 2.75) is 19.2 Å². The minimum atomic E-state index is -4.41. The van der Waals surface area contributed by atoms with Crippen molar-refractivity contribution in [3.63, 3.8) is 0 Å². The van der Waals surface area contributed by atoms with Crippen molar-refractivity contribution in [2.24, 2.45) is 0 Å². The molecule has 1 heterocycles. The number of halogens is 3. The Labute approximate surface area is 114 Å². The van der Waals surface area contributed by atoms with Gasteiger partial charge in [-0.25, -0.2) is 4.79 Å². The lowest BCUT2D eigenvalue weighted by Gasteiger charge is -2.32. The molecular weight excluding hydrogens is 275 g/mol. The SMILES string of the molecule is CCOC(=O)C1CN(C)c2cc(C(F)(F)F)ccc2O1. The molecule has 0 N–H and O–H groups in total. The van der Waals surface area contributed by atoms with E-state index in [1.54, 1.807) is 18.9 Å². The van der Waals surface area contributed by atoms with E-state index in [9.17, 15) is 18.0 Å². The number of benzene rings is 1. The number of fused-ring (bicyclic) bond motifs is 1. The molecule has 4 nitrogen and oxygen atoms in total. The van der Waals surface area contributed by atoms with Crippen LogP contribution in [0.4, 0.5) is 18.9 Å². The number of hydrogen-bond acceptors (Lipinski definition) is 4. The Hall–Kier alpha value is -1.92. The van der Waals surface area contributed by atoms with Crippen LogP contribution >= 0.6 is 0 Å². The molecule has 1 aromatic carbocycles. The average molecular weight is 289 g/mol. The zero-order valence-corrected chi connectivity index (χ0v) is 11.0. The molecule has 0 aromatic heterocycles. The molecule has 0 saturated heterocycles. The first kappa shape index (κ1) is 14.5. The van der Waals surface area contributed by atoms with Gasteiger partial charge < -0.3 is 14.4 Å². The largest absolute Gasteiger partial charge is 0.475 e. The molecule has 0 amide bonds. The summed E-state index contributed by atoms with van der Waals surface area (Å²) in [5.41, 5.74) is -0.443. The fourth-order valence-corrected chi connectivity index (χ4v) is 1.99. The summed E-state index contributed by atoms with van der Waals surface area (Å²) >= 11 is 0. The molecule has 0 radical (unpaired) electrons. The van der Waals surface area contributed by atoms with Crippen molar-refractivity contribution in [1.29, 1.82) is 0 Å². The number of likely N-dealkylation sites (N-methyl/N-ethyl adjacent to an activating group) is 1. The van der Waals surface area contributed by atoms with Crippen molar-refractivity contribution in [3.05, 3.63) is 23.8 Å². The van der Waals surface area contributed by atoms with E-state index in [4.69, 9.17) is 9.47 Å². The van der Waals surface area contributed by atoms with Gasteiger partial charge in [-0.1, -0.05) is 0 Å². The van der Waals surface area contributed by atoms with Gasteiger partial charge in [0, 0.05) is 7.05 Å². The van der Waals surface area contributed by atoms with Gasteiger partial charge >= 0.3 is 12.1 Å². The summed E-state index contributed by atoms with van der Waals surface area (Å²) in [5.74, 6) is -0.283. The van der Waals surface area contributed by atoms with Gasteiger partial charge in [-0.05, 0) is 25.1 Å². The van der Waals surface area contributed by atoms with Crippen LogP contribution in [0.5, 0.6) is 5.75 Å². The smallest absolute Gasteiger partial charge is 0.416 e. The second-order valence-corrected chi connectivity index (χ2v) is 4.42. The molecule has 110 valence electrons. The lowest BCUT2D eigenvalue weighted by atomic mass is 10.1. The predicted molar refractivity (Wildman–Crippen MR) is 65.8 cm³/mol. The highest BCUT2D eigenvalue weighted by atomic mass is 19.4. The quantitative estimate of drug-likeness (QED) is 0.784. The van der Waals surface area contributed by atoms with Gasteiger partial charge in [-0.3, -0.25) is 0 Å². The first-order valence-corrected chi connectivity index (χ1v) is 6.08. The summed E-state index contributed by atoms with van der Waals surface area (Å²) in [6, 6.07) is 3.16. The van der Waals surface area contributed by atoms with Gasteiger partial charge in [0.05, 0.1) is 24.4 Å². The lowest BCUT2D eigenvalue weighted by Crippen LogP contribution is -2.43. The second kappa shape index (κ2) is 5.22. The standard InChI is InChI=1S/C13H14F3NO3/c1-3-19-12(18)11-7-17(2)9-6-8(13(14,15)16)4-5-10(9)20-11/h4-6,11H,3,7H2,1-2H3.